The molecule has 2 aromatic rings. The molecule has 0 unspecified atom stereocenters. The molecule has 0 aliphatic rings. The van der Waals surface area contributed by atoms with Gasteiger partial charge in [0.15, 0.2) is 17.5 Å². The van der Waals surface area contributed by atoms with Crippen LogP contribution in [0, 0.1) is 11.6 Å². The van der Waals surface area contributed by atoms with Crippen molar-refractivity contribution in [3.05, 3.63) is 53.5 Å². The van der Waals surface area contributed by atoms with E-state index in [1.165, 1.54) is 18.5 Å². The van der Waals surface area contributed by atoms with E-state index in [2.05, 4.69) is 20.7 Å². The van der Waals surface area contributed by atoms with Gasteiger partial charge in [-0.15, -0.1) is 0 Å². The number of amides is 1. The van der Waals surface area contributed by atoms with Gasteiger partial charge >= 0.3 is 0 Å². The predicted molar refractivity (Wildman–Crippen MR) is 67.4 cm³/mol. The second-order valence-corrected chi connectivity index (χ2v) is 3.87. The third-order valence-corrected chi connectivity index (χ3v) is 2.45. The van der Waals surface area contributed by atoms with E-state index in [0.29, 0.717) is 5.56 Å². The van der Waals surface area contributed by atoms with Gasteiger partial charge in [0.25, 0.3) is 5.91 Å². The zero-order chi connectivity index (χ0) is 14.5. The van der Waals surface area contributed by atoms with E-state index < -0.39 is 17.5 Å². The number of rotatable bonds is 4. The van der Waals surface area contributed by atoms with Crippen molar-refractivity contribution in [1.29, 1.82) is 0 Å². The first-order valence-electron chi connectivity index (χ1n) is 5.61. The summed E-state index contributed by atoms with van der Waals surface area (Å²) in [5.41, 5.74) is 2.75. The Kier molecular flexibility index (Phi) is 4.16. The molecule has 0 saturated heterocycles. The van der Waals surface area contributed by atoms with Crippen molar-refractivity contribution in [2.24, 2.45) is 5.84 Å². The van der Waals surface area contributed by atoms with E-state index in [0.717, 1.165) is 12.1 Å². The van der Waals surface area contributed by atoms with Gasteiger partial charge in [-0.05, 0) is 17.7 Å². The molecule has 0 fully saturated rings. The number of anilines is 1. The lowest BCUT2D eigenvalue weighted by Crippen LogP contribution is -2.24. The number of benzene rings is 1. The summed E-state index contributed by atoms with van der Waals surface area (Å²) in [6.45, 7) is 0.0397. The molecule has 0 radical (unpaired) electrons. The first-order chi connectivity index (χ1) is 9.60. The second kappa shape index (κ2) is 6.02. The summed E-state index contributed by atoms with van der Waals surface area (Å²) in [7, 11) is 0. The summed E-state index contributed by atoms with van der Waals surface area (Å²) >= 11 is 0. The van der Waals surface area contributed by atoms with Gasteiger partial charge in [-0.25, -0.2) is 19.6 Å². The summed E-state index contributed by atoms with van der Waals surface area (Å²) in [6, 6.07) is 3.39. The van der Waals surface area contributed by atoms with Crippen molar-refractivity contribution in [3.63, 3.8) is 0 Å². The molecule has 0 atom stereocenters. The summed E-state index contributed by atoms with van der Waals surface area (Å²) in [5, 5.41) is 2.51. The van der Waals surface area contributed by atoms with E-state index in [9.17, 15) is 13.6 Å². The number of halogens is 2. The molecule has 1 heterocycles. The van der Waals surface area contributed by atoms with Crippen LogP contribution in [0.4, 0.5) is 14.6 Å². The lowest BCUT2D eigenvalue weighted by Gasteiger charge is -2.06. The van der Waals surface area contributed by atoms with Crippen LogP contribution in [-0.2, 0) is 6.54 Å². The fourth-order valence-electron chi connectivity index (χ4n) is 1.47. The average molecular weight is 279 g/mol. The molecule has 104 valence electrons. The van der Waals surface area contributed by atoms with Crippen LogP contribution in [0.25, 0.3) is 0 Å². The van der Waals surface area contributed by atoms with E-state index in [-0.39, 0.29) is 18.1 Å². The second-order valence-electron chi connectivity index (χ2n) is 3.87. The maximum absolute atomic E-state index is 13.0. The van der Waals surface area contributed by atoms with Crippen molar-refractivity contribution >= 4 is 11.7 Å². The Morgan fingerprint density at radius 2 is 2.05 bits per heavy atom. The third-order valence-electron chi connectivity index (χ3n) is 2.45. The van der Waals surface area contributed by atoms with Gasteiger partial charge < -0.3 is 10.7 Å². The lowest BCUT2D eigenvalue weighted by atomic mass is 10.2. The van der Waals surface area contributed by atoms with E-state index in [1.807, 2.05) is 0 Å². The highest BCUT2D eigenvalue weighted by atomic mass is 19.2. The van der Waals surface area contributed by atoms with Crippen molar-refractivity contribution in [1.82, 2.24) is 15.3 Å². The molecule has 0 aliphatic carbocycles. The standard InChI is InChI=1S/C12H11F2N5O/c13-8-2-1-7(3-9(8)14)4-17-12(20)10-5-16-6-11(18-10)19-15/h1-3,5-6H,4,15H2,(H,17,20)(H,18,19). The molecular formula is C12H11F2N5O. The maximum atomic E-state index is 13.0. The Labute approximate surface area is 113 Å². The van der Waals surface area contributed by atoms with Gasteiger partial charge in [-0.2, -0.15) is 0 Å². The number of hydrogen-bond acceptors (Lipinski definition) is 5. The quantitative estimate of drug-likeness (QED) is 0.573. The summed E-state index contributed by atoms with van der Waals surface area (Å²) in [5.74, 6) is 2.99. The Balaban J connectivity index is 2.02. The summed E-state index contributed by atoms with van der Waals surface area (Å²) in [6.07, 6.45) is 2.62. The van der Waals surface area contributed by atoms with Crippen LogP contribution in [0.2, 0.25) is 0 Å². The number of aromatic nitrogens is 2. The van der Waals surface area contributed by atoms with Crippen LogP contribution < -0.4 is 16.6 Å². The van der Waals surface area contributed by atoms with Crippen LogP contribution in [0.3, 0.4) is 0 Å². The number of hydrazine groups is 1. The zero-order valence-electron chi connectivity index (χ0n) is 10.2. The first-order valence-corrected chi connectivity index (χ1v) is 5.61. The highest BCUT2D eigenvalue weighted by Crippen LogP contribution is 2.08. The molecule has 1 aromatic carbocycles. The molecule has 0 aliphatic heterocycles. The zero-order valence-corrected chi connectivity index (χ0v) is 10.2. The Hall–Kier alpha value is -2.61. The molecule has 0 saturated carbocycles. The lowest BCUT2D eigenvalue weighted by molar-refractivity contribution is 0.0945. The van der Waals surface area contributed by atoms with Gasteiger partial charge in [-0.1, -0.05) is 6.07 Å². The normalized spacial score (nSPS) is 10.2. The first kappa shape index (κ1) is 13.8. The summed E-state index contributed by atoms with van der Waals surface area (Å²) in [4.78, 5) is 19.5. The van der Waals surface area contributed by atoms with E-state index >= 15 is 0 Å². The smallest absolute Gasteiger partial charge is 0.271 e. The predicted octanol–water partition coefficient (Wildman–Crippen LogP) is 0.970. The number of nitrogens with one attached hydrogen (secondary N) is 2. The fourth-order valence-corrected chi connectivity index (χ4v) is 1.47. The highest BCUT2D eigenvalue weighted by Gasteiger charge is 2.09. The van der Waals surface area contributed by atoms with Gasteiger partial charge in [-0.3, -0.25) is 9.78 Å². The maximum Gasteiger partial charge on any atom is 0.271 e. The minimum absolute atomic E-state index is 0.0397. The van der Waals surface area contributed by atoms with Crippen LogP contribution in [0.15, 0.2) is 30.6 Å². The minimum atomic E-state index is -0.967. The number of carbonyl (C=O) groups excluding carboxylic acids is 1. The Bertz CT molecular complexity index is 635. The van der Waals surface area contributed by atoms with Gasteiger partial charge in [0.2, 0.25) is 0 Å². The monoisotopic (exact) mass is 279 g/mol. The molecule has 6 nitrogen and oxygen atoms in total. The number of hydrogen-bond donors (Lipinski definition) is 3. The largest absolute Gasteiger partial charge is 0.347 e. The van der Waals surface area contributed by atoms with Crippen LogP contribution >= 0.6 is 0 Å². The van der Waals surface area contributed by atoms with Gasteiger partial charge in [0.1, 0.15) is 5.69 Å². The molecule has 0 spiro atoms. The molecule has 0 bridgehead atoms. The van der Waals surface area contributed by atoms with Gasteiger partial charge in [0, 0.05) is 6.54 Å². The number of carbonyl (C=O) groups is 1. The van der Waals surface area contributed by atoms with Gasteiger partial charge in [0.05, 0.1) is 12.4 Å². The number of nitrogens with two attached hydrogens (primary N) is 1. The van der Waals surface area contributed by atoms with Crippen LogP contribution in [-0.4, -0.2) is 15.9 Å². The summed E-state index contributed by atoms with van der Waals surface area (Å²) < 4.78 is 25.7. The molecule has 20 heavy (non-hydrogen) atoms. The van der Waals surface area contributed by atoms with E-state index in [1.54, 1.807) is 0 Å². The van der Waals surface area contributed by atoms with Crippen molar-refractivity contribution in [2.45, 2.75) is 6.54 Å². The molecule has 1 aromatic heterocycles. The SMILES string of the molecule is NNc1cncc(C(=O)NCc2ccc(F)c(F)c2)n1. The van der Waals surface area contributed by atoms with Crippen molar-refractivity contribution in [3.8, 4) is 0 Å². The van der Waals surface area contributed by atoms with Crippen molar-refractivity contribution < 1.29 is 13.6 Å². The third kappa shape index (κ3) is 3.23. The Morgan fingerprint density at radius 1 is 1.25 bits per heavy atom. The fraction of sp³-hybridized carbons (Fsp3) is 0.0833. The van der Waals surface area contributed by atoms with Crippen molar-refractivity contribution in [2.75, 3.05) is 5.43 Å². The molecule has 4 N–H and O–H groups in total. The van der Waals surface area contributed by atoms with Crippen LogP contribution in [0.1, 0.15) is 16.1 Å². The number of nitrogens with zero attached hydrogens (tertiary/aromatic N) is 2. The molecular weight excluding hydrogens is 268 g/mol. The molecule has 1 amide bonds. The topological polar surface area (TPSA) is 92.9 Å². The minimum Gasteiger partial charge on any atom is -0.347 e. The molecule has 2 rings (SSSR count). The van der Waals surface area contributed by atoms with E-state index in [4.69, 9.17) is 5.84 Å². The highest BCUT2D eigenvalue weighted by molar-refractivity contribution is 5.92. The average Bonchev–Trinajstić information content (AvgIpc) is 2.48. The Morgan fingerprint density at radius 3 is 2.75 bits per heavy atom. The van der Waals surface area contributed by atoms with Crippen LogP contribution in [0.5, 0.6) is 0 Å². The molecule has 8 heteroatoms. The number of nitrogen functional groups attached to an aromatic ring is 1.